The number of aromatic nitrogens is 2. The molecule has 1 saturated carbocycles. The van der Waals surface area contributed by atoms with Crippen LogP contribution in [0.4, 0.5) is 11.5 Å². The number of nitrogens with one attached hydrogen (secondary N) is 2. The summed E-state index contributed by atoms with van der Waals surface area (Å²) in [6.07, 6.45) is 3.30. The topological polar surface area (TPSA) is 66.9 Å². The van der Waals surface area contributed by atoms with Crippen molar-refractivity contribution in [2.24, 2.45) is 0 Å². The Morgan fingerprint density at radius 2 is 1.95 bits per heavy atom. The van der Waals surface area contributed by atoms with Crippen LogP contribution in [-0.2, 0) is 6.42 Å². The number of carbonyl (C=O) groups excluding carboxylic acids is 1. The Bertz CT molecular complexity index is 678. The van der Waals surface area contributed by atoms with Gasteiger partial charge in [-0.05, 0) is 43.9 Å². The number of hydrogen-bond donors (Lipinski definition) is 2. The van der Waals surface area contributed by atoms with Gasteiger partial charge in [0.15, 0.2) is 0 Å². The van der Waals surface area contributed by atoms with E-state index in [0.717, 1.165) is 30.8 Å². The summed E-state index contributed by atoms with van der Waals surface area (Å²) in [5.41, 5.74) is 2.40. The molecule has 5 nitrogen and oxygen atoms in total. The number of anilines is 2. The Morgan fingerprint density at radius 1 is 1.23 bits per heavy atom. The molecule has 1 aliphatic carbocycles. The van der Waals surface area contributed by atoms with Crippen LogP contribution in [0.1, 0.15) is 41.6 Å². The molecule has 0 saturated heterocycles. The largest absolute Gasteiger partial charge is 0.367 e. The molecule has 22 heavy (non-hydrogen) atoms. The van der Waals surface area contributed by atoms with E-state index in [4.69, 9.17) is 0 Å². The van der Waals surface area contributed by atoms with E-state index >= 15 is 0 Å². The third kappa shape index (κ3) is 3.61. The molecule has 2 aromatic rings. The minimum absolute atomic E-state index is 0.214. The van der Waals surface area contributed by atoms with Gasteiger partial charge >= 0.3 is 0 Å². The van der Waals surface area contributed by atoms with E-state index in [2.05, 4.69) is 27.5 Å². The quantitative estimate of drug-likeness (QED) is 0.889. The maximum absolute atomic E-state index is 12.3. The zero-order valence-electron chi connectivity index (χ0n) is 12.9. The fourth-order valence-corrected chi connectivity index (χ4v) is 2.21. The van der Waals surface area contributed by atoms with Crippen LogP contribution in [0.2, 0.25) is 0 Å². The van der Waals surface area contributed by atoms with Gasteiger partial charge in [-0.2, -0.15) is 0 Å². The maximum Gasteiger partial charge on any atom is 0.274 e. The number of aryl methyl sites for hydroxylation is 2. The summed E-state index contributed by atoms with van der Waals surface area (Å²) in [5.74, 6) is 1.10. The van der Waals surface area contributed by atoms with Crippen LogP contribution in [0.3, 0.4) is 0 Å². The molecular weight excluding hydrogens is 276 g/mol. The van der Waals surface area contributed by atoms with Gasteiger partial charge in [0.2, 0.25) is 0 Å². The first-order chi connectivity index (χ1) is 10.6. The summed E-state index contributed by atoms with van der Waals surface area (Å²) in [5, 5.41) is 6.18. The molecule has 114 valence electrons. The molecule has 1 aliphatic rings. The van der Waals surface area contributed by atoms with E-state index in [-0.39, 0.29) is 5.91 Å². The highest BCUT2D eigenvalue weighted by atomic mass is 16.1. The van der Waals surface area contributed by atoms with Crippen molar-refractivity contribution >= 4 is 17.4 Å². The van der Waals surface area contributed by atoms with Crippen LogP contribution < -0.4 is 10.6 Å². The molecule has 5 heteroatoms. The van der Waals surface area contributed by atoms with Crippen LogP contribution in [0.5, 0.6) is 0 Å². The number of nitrogens with zero attached hydrogens (tertiary/aromatic N) is 2. The number of carbonyl (C=O) groups is 1. The van der Waals surface area contributed by atoms with Crippen molar-refractivity contribution in [3.63, 3.8) is 0 Å². The summed E-state index contributed by atoms with van der Waals surface area (Å²) in [7, 11) is 0. The number of benzene rings is 1. The van der Waals surface area contributed by atoms with Crippen LogP contribution in [-0.4, -0.2) is 21.9 Å². The summed E-state index contributed by atoms with van der Waals surface area (Å²) < 4.78 is 0. The Morgan fingerprint density at radius 3 is 2.59 bits per heavy atom. The fraction of sp³-hybridized carbons (Fsp3) is 0.353. The Labute approximate surface area is 130 Å². The lowest BCUT2D eigenvalue weighted by molar-refractivity contribution is 0.102. The normalized spacial score (nSPS) is 13.7. The molecule has 1 amide bonds. The van der Waals surface area contributed by atoms with E-state index in [1.165, 1.54) is 5.56 Å². The highest BCUT2D eigenvalue weighted by Crippen LogP contribution is 2.24. The van der Waals surface area contributed by atoms with Gasteiger partial charge in [-0.3, -0.25) is 4.79 Å². The average Bonchev–Trinajstić information content (AvgIpc) is 3.31. The van der Waals surface area contributed by atoms with Crippen molar-refractivity contribution < 1.29 is 4.79 Å². The monoisotopic (exact) mass is 296 g/mol. The smallest absolute Gasteiger partial charge is 0.274 e. The number of hydrogen-bond acceptors (Lipinski definition) is 4. The second-order valence-corrected chi connectivity index (χ2v) is 5.61. The Balaban J connectivity index is 1.74. The van der Waals surface area contributed by atoms with Crippen molar-refractivity contribution in [2.75, 3.05) is 10.6 Å². The zero-order valence-corrected chi connectivity index (χ0v) is 12.9. The first-order valence-electron chi connectivity index (χ1n) is 7.66. The molecule has 0 unspecified atom stereocenters. The molecule has 3 rings (SSSR count). The lowest BCUT2D eigenvalue weighted by Gasteiger charge is -2.09. The van der Waals surface area contributed by atoms with E-state index < -0.39 is 0 Å². The predicted octanol–water partition coefficient (Wildman–Crippen LogP) is 3.17. The lowest BCUT2D eigenvalue weighted by Crippen LogP contribution is -2.16. The number of amides is 1. The second-order valence-electron chi connectivity index (χ2n) is 5.61. The molecule has 0 atom stereocenters. The number of rotatable bonds is 5. The first kappa shape index (κ1) is 14.5. The second kappa shape index (κ2) is 6.13. The van der Waals surface area contributed by atoms with Gasteiger partial charge in [0.05, 0.1) is 0 Å². The zero-order chi connectivity index (χ0) is 15.5. The van der Waals surface area contributed by atoms with Gasteiger partial charge in [0, 0.05) is 17.8 Å². The van der Waals surface area contributed by atoms with Crippen molar-refractivity contribution in [3.8, 4) is 0 Å². The SMILES string of the molecule is CCc1ccc(NC(=O)c2cc(NC3CC3)nc(C)n2)cc1. The van der Waals surface area contributed by atoms with Gasteiger partial charge in [-0.25, -0.2) is 9.97 Å². The van der Waals surface area contributed by atoms with E-state index in [1.54, 1.807) is 13.0 Å². The van der Waals surface area contributed by atoms with E-state index in [0.29, 0.717) is 17.6 Å². The minimum atomic E-state index is -0.214. The predicted molar refractivity (Wildman–Crippen MR) is 87.2 cm³/mol. The fourth-order valence-electron chi connectivity index (χ4n) is 2.21. The molecule has 1 aromatic heterocycles. The summed E-state index contributed by atoms with van der Waals surface area (Å²) in [6.45, 7) is 3.90. The highest BCUT2D eigenvalue weighted by molar-refractivity contribution is 6.03. The molecule has 0 spiro atoms. The third-order valence-electron chi connectivity index (χ3n) is 3.62. The van der Waals surface area contributed by atoms with Gasteiger partial charge in [0.1, 0.15) is 17.3 Å². The molecule has 0 aliphatic heterocycles. The Kier molecular flexibility index (Phi) is 4.04. The van der Waals surface area contributed by atoms with Gasteiger partial charge in [0.25, 0.3) is 5.91 Å². The first-order valence-corrected chi connectivity index (χ1v) is 7.66. The van der Waals surface area contributed by atoms with Crippen LogP contribution in [0.25, 0.3) is 0 Å². The van der Waals surface area contributed by atoms with Crippen LogP contribution in [0.15, 0.2) is 30.3 Å². The highest BCUT2D eigenvalue weighted by Gasteiger charge is 2.22. The van der Waals surface area contributed by atoms with E-state index in [1.807, 2.05) is 24.3 Å². The van der Waals surface area contributed by atoms with Crippen LogP contribution >= 0.6 is 0 Å². The van der Waals surface area contributed by atoms with Gasteiger partial charge < -0.3 is 10.6 Å². The minimum Gasteiger partial charge on any atom is -0.367 e. The van der Waals surface area contributed by atoms with Crippen molar-refractivity contribution in [1.82, 2.24) is 9.97 Å². The summed E-state index contributed by atoms with van der Waals surface area (Å²) >= 11 is 0. The molecule has 2 N–H and O–H groups in total. The summed E-state index contributed by atoms with van der Waals surface area (Å²) in [6, 6.07) is 10.1. The molecule has 0 radical (unpaired) electrons. The standard InChI is InChI=1S/C17H20N4O/c1-3-12-4-6-14(7-5-12)21-17(22)15-10-16(19-11(2)18-15)20-13-8-9-13/h4-7,10,13H,3,8-9H2,1-2H3,(H,21,22)(H,18,19,20). The van der Waals surface area contributed by atoms with E-state index in [9.17, 15) is 4.79 Å². The molecule has 1 fully saturated rings. The van der Waals surface area contributed by atoms with Crippen LogP contribution in [0, 0.1) is 6.92 Å². The van der Waals surface area contributed by atoms with Gasteiger partial charge in [-0.15, -0.1) is 0 Å². The molecular formula is C17H20N4O. The van der Waals surface area contributed by atoms with Crippen molar-refractivity contribution in [1.29, 1.82) is 0 Å². The summed E-state index contributed by atoms with van der Waals surface area (Å²) in [4.78, 5) is 20.9. The molecule has 1 heterocycles. The third-order valence-corrected chi connectivity index (χ3v) is 3.62. The van der Waals surface area contributed by atoms with Gasteiger partial charge in [-0.1, -0.05) is 19.1 Å². The molecule has 0 bridgehead atoms. The van der Waals surface area contributed by atoms with Crippen molar-refractivity contribution in [2.45, 2.75) is 39.2 Å². The average molecular weight is 296 g/mol. The maximum atomic E-state index is 12.3. The van der Waals surface area contributed by atoms with Crippen molar-refractivity contribution in [3.05, 3.63) is 47.4 Å². The molecule has 1 aromatic carbocycles. The lowest BCUT2D eigenvalue weighted by atomic mass is 10.1. The Hall–Kier alpha value is -2.43.